The van der Waals surface area contributed by atoms with Crippen LogP contribution in [-0.4, -0.2) is 30.7 Å². The second-order valence-electron chi connectivity index (χ2n) is 8.64. The second kappa shape index (κ2) is 16.9. The van der Waals surface area contributed by atoms with Crippen molar-refractivity contribution in [3.8, 4) is 5.75 Å². The van der Waals surface area contributed by atoms with Gasteiger partial charge in [-0.1, -0.05) is 90.1 Å². The average Bonchev–Trinajstić information content (AvgIpc) is 2.86. The Bertz CT molecular complexity index is 933. The summed E-state index contributed by atoms with van der Waals surface area (Å²) in [6, 6.07) is 16.2. The van der Waals surface area contributed by atoms with Gasteiger partial charge in [0, 0.05) is 19.5 Å². The summed E-state index contributed by atoms with van der Waals surface area (Å²) in [6.07, 6.45) is 8.48. The summed E-state index contributed by atoms with van der Waals surface area (Å²) in [6.45, 7) is 13.2. The van der Waals surface area contributed by atoms with Crippen LogP contribution in [0.15, 0.2) is 48.5 Å². The molecule has 1 fully saturated rings. The van der Waals surface area contributed by atoms with Gasteiger partial charge in [0.25, 0.3) is 0 Å². The van der Waals surface area contributed by atoms with E-state index in [4.69, 9.17) is 4.74 Å². The third-order valence-electron chi connectivity index (χ3n) is 5.67. The summed E-state index contributed by atoms with van der Waals surface area (Å²) < 4.78 is 5.43. The van der Waals surface area contributed by atoms with E-state index in [1.807, 2.05) is 89.2 Å². The predicted molar refractivity (Wildman–Crippen MR) is 149 cm³/mol. The summed E-state index contributed by atoms with van der Waals surface area (Å²) in [7, 11) is 3.99. The molecule has 0 N–H and O–H groups in total. The molecule has 0 unspecified atom stereocenters. The number of aromatic nitrogens is 2. The predicted octanol–water partition coefficient (Wildman–Crippen LogP) is 8.26. The summed E-state index contributed by atoms with van der Waals surface area (Å²) in [5, 5.41) is 1.10. The van der Waals surface area contributed by atoms with E-state index in [2.05, 4.69) is 29.9 Å². The molecule has 1 aliphatic carbocycles. The fourth-order valence-electron chi connectivity index (χ4n) is 3.91. The van der Waals surface area contributed by atoms with Crippen molar-refractivity contribution in [2.24, 2.45) is 5.92 Å². The van der Waals surface area contributed by atoms with Crippen LogP contribution < -0.4 is 9.64 Å². The van der Waals surface area contributed by atoms with E-state index in [9.17, 15) is 0 Å². The van der Waals surface area contributed by atoms with Crippen molar-refractivity contribution in [2.75, 3.05) is 25.6 Å². The monoisotopic (exact) mass is 465 g/mol. The summed E-state index contributed by atoms with van der Waals surface area (Å²) >= 11 is 0. The van der Waals surface area contributed by atoms with E-state index >= 15 is 0 Å². The molecule has 3 aromatic rings. The first-order chi connectivity index (χ1) is 16.5. The molecular weight excluding hydrogens is 418 g/mol. The van der Waals surface area contributed by atoms with Crippen LogP contribution in [0.5, 0.6) is 5.75 Å². The highest BCUT2D eigenvalue weighted by molar-refractivity contribution is 5.89. The van der Waals surface area contributed by atoms with Crippen LogP contribution in [0.2, 0.25) is 0 Å². The maximum absolute atomic E-state index is 5.43. The van der Waals surface area contributed by atoms with Gasteiger partial charge in [0.05, 0.1) is 12.1 Å². The van der Waals surface area contributed by atoms with Gasteiger partial charge in [0.1, 0.15) is 17.4 Å². The van der Waals surface area contributed by atoms with Crippen molar-refractivity contribution in [3.63, 3.8) is 0 Å². The first-order valence-electron chi connectivity index (χ1n) is 13.1. The molecule has 1 saturated carbocycles. The van der Waals surface area contributed by atoms with E-state index in [0.717, 1.165) is 47.2 Å². The first kappa shape index (κ1) is 29.4. The zero-order valence-corrected chi connectivity index (χ0v) is 22.9. The topological polar surface area (TPSA) is 38.2 Å². The highest BCUT2D eigenvalue weighted by atomic mass is 16.5. The van der Waals surface area contributed by atoms with E-state index in [0.29, 0.717) is 0 Å². The Kier molecular flexibility index (Phi) is 14.6. The minimum Gasteiger partial charge on any atom is -0.494 e. The lowest BCUT2D eigenvalue weighted by atomic mass is 9.91. The normalized spacial score (nSPS) is 12.8. The number of rotatable bonds is 4. The van der Waals surface area contributed by atoms with Crippen LogP contribution in [-0.2, 0) is 6.42 Å². The molecule has 1 heterocycles. The van der Waals surface area contributed by atoms with E-state index in [-0.39, 0.29) is 0 Å². The zero-order valence-electron chi connectivity index (χ0n) is 22.9. The Hall–Kier alpha value is -2.62. The average molecular weight is 466 g/mol. The van der Waals surface area contributed by atoms with Gasteiger partial charge in [-0.25, -0.2) is 9.97 Å². The van der Waals surface area contributed by atoms with Gasteiger partial charge in [-0.3, -0.25) is 0 Å². The van der Waals surface area contributed by atoms with Crippen LogP contribution in [0.1, 0.15) is 78.1 Å². The van der Waals surface area contributed by atoms with Crippen LogP contribution in [0.25, 0.3) is 10.9 Å². The molecule has 4 nitrogen and oxygen atoms in total. The van der Waals surface area contributed by atoms with Gasteiger partial charge in [0.2, 0.25) is 0 Å². The van der Waals surface area contributed by atoms with Gasteiger partial charge in [-0.2, -0.15) is 0 Å². The SMILES string of the molecule is CC.CC1CCCCC1.CCOc1ccccc1CC.Cc1nc(N(C)C)c2ccccc2n1. The number of hydrogen-bond donors (Lipinski definition) is 0. The highest BCUT2D eigenvalue weighted by Gasteiger charge is 2.06. The van der Waals surface area contributed by atoms with Crippen molar-refractivity contribution in [1.29, 1.82) is 0 Å². The van der Waals surface area contributed by atoms with Crippen molar-refractivity contribution in [3.05, 3.63) is 59.9 Å². The fourth-order valence-corrected chi connectivity index (χ4v) is 3.91. The maximum atomic E-state index is 5.43. The molecule has 2 aromatic carbocycles. The van der Waals surface area contributed by atoms with Gasteiger partial charge < -0.3 is 9.64 Å². The molecule has 0 spiro atoms. The number of aryl methyl sites for hydroxylation is 2. The van der Waals surface area contributed by atoms with Crippen LogP contribution in [0, 0.1) is 12.8 Å². The lowest BCUT2D eigenvalue weighted by Gasteiger charge is -2.15. The third kappa shape index (κ3) is 10.1. The standard InChI is InChI=1S/C11H13N3.C10H14O.C7H14.C2H6/c1-8-12-10-7-5-4-6-9(10)11(13-8)14(2)3;1-3-9-7-5-6-8-10(9)11-4-2;1-7-5-3-2-4-6-7;1-2/h4-7H,1-3H3;5-8H,3-4H2,1-2H3;7H,2-6H2,1H3;1-2H3. The minimum absolute atomic E-state index is 0.747. The molecule has 0 radical (unpaired) electrons. The van der Waals surface area contributed by atoms with Crippen LogP contribution in [0.4, 0.5) is 5.82 Å². The Labute approximate surface area is 208 Å². The van der Waals surface area contributed by atoms with Gasteiger partial charge in [-0.05, 0) is 49.9 Å². The molecule has 1 aromatic heterocycles. The molecule has 4 rings (SSSR count). The molecule has 34 heavy (non-hydrogen) atoms. The van der Waals surface area contributed by atoms with Gasteiger partial charge in [0.15, 0.2) is 0 Å². The van der Waals surface area contributed by atoms with Gasteiger partial charge in [-0.15, -0.1) is 0 Å². The van der Waals surface area contributed by atoms with Gasteiger partial charge >= 0.3 is 0 Å². The smallest absolute Gasteiger partial charge is 0.139 e. The quantitative estimate of drug-likeness (QED) is 0.388. The first-order valence-corrected chi connectivity index (χ1v) is 13.1. The summed E-state index contributed by atoms with van der Waals surface area (Å²) in [5.41, 5.74) is 2.29. The number of para-hydroxylation sites is 2. The molecule has 0 atom stereocenters. The summed E-state index contributed by atoms with van der Waals surface area (Å²) in [5.74, 6) is 3.85. The number of hydrogen-bond acceptors (Lipinski definition) is 4. The molecule has 0 bridgehead atoms. The Balaban J connectivity index is 0.000000258. The number of benzene rings is 2. The van der Waals surface area contributed by atoms with Crippen molar-refractivity contribution >= 4 is 16.7 Å². The molecule has 0 aliphatic heterocycles. The molecule has 0 saturated heterocycles. The zero-order chi connectivity index (χ0) is 25.3. The lowest BCUT2D eigenvalue weighted by molar-refractivity contribution is 0.337. The molecule has 0 amide bonds. The van der Waals surface area contributed by atoms with Crippen molar-refractivity contribution in [1.82, 2.24) is 9.97 Å². The maximum Gasteiger partial charge on any atom is 0.139 e. The van der Waals surface area contributed by atoms with E-state index < -0.39 is 0 Å². The third-order valence-corrected chi connectivity index (χ3v) is 5.67. The number of fused-ring (bicyclic) bond motifs is 1. The second-order valence-corrected chi connectivity index (χ2v) is 8.64. The number of ether oxygens (including phenoxy) is 1. The van der Waals surface area contributed by atoms with Crippen LogP contribution >= 0.6 is 0 Å². The number of nitrogens with zero attached hydrogens (tertiary/aromatic N) is 3. The fraction of sp³-hybridized carbons (Fsp3) is 0.533. The molecule has 1 aliphatic rings. The lowest BCUT2D eigenvalue weighted by Crippen LogP contribution is -2.12. The van der Waals surface area contributed by atoms with E-state index in [1.165, 1.54) is 37.7 Å². The number of anilines is 1. The Morgan fingerprint density at radius 1 is 0.882 bits per heavy atom. The Morgan fingerprint density at radius 3 is 2.06 bits per heavy atom. The van der Waals surface area contributed by atoms with E-state index in [1.54, 1.807) is 0 Å². The highest BCUT2D eigenvalue weighted by Crippen LogP contribution is 2.22. The molecule has 4 heteroatoms. The largest absolute Gasteiger partial charge is 0.494 e. The molecular formula is C30H47N3O. The molecule has 188 valence electrons. The summed E-state index contributed by atoms with van der Waals surface area (Å²) in [4.78, 5) is 10.8. The van der Waals surface area contributed by atoms with Crippen molar-refractivity contribution < 1.29 is 4.74 Å². The van der Waals surface area contributed by atoms with Crippen LogP contribution in [0.3, 0.4) is 0 Å². The minimum atomic E-state index is 0.747. The van der Waals surface area contributed by atoms with Crippen molar-refractivity contribution in [2.45, 2.75) is 80.1 Å². The Morgan fingerprint density at radius 2 is 1.50 bits per heavy atom.